The molecule has 310 valence electrons. The summed E-state index contributed by atoms with van der Waals surface area (Å²) >= 11 is 0. The Morgan fingerprint density at radius 2 is 0.983 bits per heavy atom. The Kier molecular flexibility index (Phi) is 16.2. The van der Waals surface area contributed by atoms with Gasteiger partial charge in [-0.15, -0.1) is 0 Å². The van der Waals surface area contributed by atoms with Gasteiger partial charge in [0.25, 0.3) is 27.1 Å². The minimum atomic E-state index is -1.39. The molecule has 0 amide bonds. The molecule has 0 aromatic heterocycles. The summed E-state index contributed by atoms with van der Waals surface area (Å²) in [5, 5.41) is 77.5. The normalized spacial score (nSPS) is 14.8. The molecule has 0 bridgehead atoms. The molecule has 0 atom stereocenters. The molecular weight excluding hydrogens is 784 g/mol. The number of Topliss-reactive ketones (excluding diaryl/α,β-unsaturated/α-hetero) is 1. The van der Waals surface area contributed by atoms with Crippen molar-refractivity contribution in [2.45, 2.75) is 46.0 Å². The minimum Gasteiger partial charge on any atom is -0.512 e. The number of aliphatic hydroxyl groups is 3. The van der Waals surface area contributed by atoms with Crippen molar-refractivity contribution >= 4 is 23.1 Å². The predicted octanol–water partition coefficient (Wildman–Crippen LogP) is 1.25. The molecule has 0 heterocycles. The van der Waals surface area contributed by atoms with E-state index >= 15 is 0 Å². The lowest BCUT2D eigenvalue weighted by Gasteiger charge is -2.25. The first-order valence-corrected chi connectivity index (χ1v) is 16.8. The van der Waals surface area contributed by atoms with Gasteiger partial charge in [-0.3, -0.25) is 47.9 Å². The number of benzene rings is 1. The van der Waals surface area contributed by atoms with Crippen LogP contribution in [0.1, 0.15) is 55.5 Å². The Morgan fingerprint density at radius 1 is 0.508 bits per heavy atom. The van der Waals surface area contributed by atoms with Crippen LogP contribution in [0, 0.1) is 5.41 Å². The van der Waals surface area contributed by atoms with Crippen LogP contribution in [0.25, 0.3) is 0 Å². The zero-order valence-electron chi connectivity index (χ0n) is 31.0. The maximum absolute atomic E-state index is 11.3. The Morgan fingerprint density at radius 3 is 1.41 bits per heavy atom. The number of aryl methyl sites for hydroxylation is 1. The van der Waals surface area contributed by atoms with E-state index in [4.69, 9.17) is 46.0 Å². The molecule has 19 heteroatoms. The third-order valence-electron chi connectivity index (χ3n) is 7.82. The maximum atomic E-state index is 11.3. The van der Waals surface area contributed by atoms with Crippen molar-refractivity contribution in [3.05, 3.63) is 157 Å². The summed E-state index contributed by atoms with van der Waals surface area (Å²) in [4.78, 5) is 104. The number of phenols is 1. The number of allylic oxidation sites excluding steroid dienone is 4. The Bertz CT molecular complexity index is 2550. The molecule has 19 nitrogen and oxygen atoms in total. The monoisotopic (exact) mass is 820 g/mol. The van der Waals surface area contributed by atoms with Crippen LogP contribution in [0.4, 0.5) is 0 Å². The van der Waals surface area contributed by atoms with Crippen molar-refractivity contribution in [3.8, 4) is 34.5 Å². The van der Waals surface area contributed by atoms with E-state index in [1.165, 1.54) is 18.2 Å². The van der Waals surface area contributed by atoms with Gasteiger partial charge < -0.3 is 46.0 Å². The summed E-state index contributed by atoms with van der Waals surface area (Å²) in [7, 11) is 0. The van der Waals surface area contributed by atoms with E-state index in [-0.39, 0.29) is 39.7 Å². The van der Waals surface area contributed by atoms with Crippen LogP contribution in [0.3, 0.4) is 0 Å². The third kappa shape index (κ3) is 13.3. The molecule has 0 fully saturated rings. The van der Waals surface area contributed by atoms with E-state index in [0.29, 0.717) is 31.4 Å². The van der Waals surface area contributed by atoms with E-state index in [9.17, 15) is 47.9 Å². The van der Waals surface area contributed by atoms with Crippen LogP contribution < -0.4 is 32.6 Å². The van der Waals surface area contributed by atoms with Gasteiger partial charge in [0.15, 0.2) is 28.8 Å². The van der Waals surface area contributed by atoms with Crippen molar-refractivity contribution in [3.63, 3.8) is 0 Å². The van der Waals surface area contributed by atoms with Crippen LogP contribution >= 0.6 is 0 Å². The van der Waals surface area contributed by atoms with Gasteiger partial charge in [0.1, 0.15) is 5.75 Å². The minimum absolute atomic E-state index is 0.0359. The molecule has 0 unspecified atom stereocenters. The molecule has 4 aromatic rings. The third-order valence-corrected chi connectivity index (χ3v) is 7.82. The van der Waals surface area contributed by atoms with E-state index in [2.05, 4.69) is 0 Å². The number of aliphatic hydroxyl groups excluding tert-OH is 3. The number of carbonyl (C=O) groups excluding carboxylic acids is 4. The van der Waals surface area contributed by atoms with E-state index in [1.807, 2.05) is 13.8 Å². The highest BCUT2D eigenvalue weighted by molar-refractivity contribution is 6.17. The van der Waals surface area contributed by atoms with Crippen LogP contribution in [-0.2, 0) is 20.8 Å². The number of rotatable bonds is 0. The number of carbonyl (C=O) groups is 4. The second-order valence-electron chi connectivity index (χ2n) is 13.2. The van der Waals surface area contributed by atoms with E-state index < -0.39 is 73.2 Å². The van der Waals surface area contributed by atoms with Crippen molar-refractivity contribution in [1.82, 2.24) is 0 Å². The quantitative estimate of drug-likeness (QED) is 0.0890. The Balaban J connectivity index is 0.000000245. The summed E-state index contributed by atoms with van der Waals surface area (Å²) in [6.45, 7) is 3.96. The zero-order chi connectivity index (χ0) is 44.9. The second-order valence-corrected chi connectivity index (χ2v) is 13.2. The molecule has 0 radical (unpaired) electrons. The first kappa shape index (κ1) is 47.2. The number of fused-ring (bicyclic) bond motifs is 1. The summed E-state index contributed by atoms with van der Waals surface area (Å²) in [6, 6.07) is 12.5. The van der Waals surface area contributed by atoms with Crippen LogP contribution in [0.15, 0.2) is 113 Å². The predicted molar refractivity (Wildman–Crippen MR) is 206 cm³/mol. The van der Waals surface area contributed by atoms with Crippen molar-refractivity contribution in [2.75, 3.05) is 0 Å². The van der Waals surface area contributed by atoms with Crippen molar-refractivity contribution in [1.29, 1.82) is 0 Å². The average Bonchev–Trinajstić information content (AvgIpc) is 3.27. The Hall–Kier alpha value is -7.96. The molecule has 59 heavy (non-hydrogen) atoms. The summed E-state index contributed by atoms with van der Waals surface area (Å²) < 4.78 is 0. The first-order valence-electron chi connectivity index (χ1n) is 16.8. The molecule has 4 aromatic carbocycles. The number of aromatic hydroxyl groups is 6. The topological polar surface area (TPSA) is 353 Å². The molecule has 0 saturated heterocycles. The van der Waals surface area contributed by atoms with Gasteiger partial charge in [0, 0.05) is 43.1 Å². The fourth-order valence-electron chi connectivity index (χ4n) is 4.91. The molecule has 9 N–H and O–H groups in total. The fourth-order valence-corrected chi connectivity index (χ4v) is 4.91. The van der Waals surface area contributed by atoms with Crippen LogP contribution in [0.2, 0.25) is 0 Å². The first-order chi connectivity index (χ1) is 27.4. The fraction of sp³-hybridized carbons (Fsp3) is 0.200. The van der Waals surface area contributed by atoms with Crippen LogP contribution in [0.5, 0.6) is 34.5 Å². The standard InChI is InChI=1S/C10H10O2.C8H12O2.C7H6O2.C6H4O4.C5H2O5.C4H2O4/c11-8-4-5-9-7(6-8)2-1-3-10(9)12;1-8(2)4-6(9)3-7(10)5-8;8-6-4-2-1-3-5-7(6)9;7-3-1-4(8)6(10)2-5(3)9;6-1-2(7)4(9)5(10)3(1)8;5-1-2(6)4(8)3(1)7/h4-6,11H,1-3H2;3,9H,4-5H2,1-2H3;1-5H,(H,8,9);1-2,7,10H;6-7H;5-6H. The number of phenolic OH excluding ortho intramolecular Hbond substituents is 1. The van der Waals surface area contributed by atoms with Crippen molar-refractivity contribution in [2.24, 2.45) is 5.41 Å². The van der Waals surface area contributed by atoms with Gasteiger partial charge >= 0.3 is 0 Å². The number of hydrogen-bond donors (Lipinski definition) is 9. The van der Waals surface area contributed by atoms with Crippen molar-refractivity contribution < 1.29 is 65.1 Å². The molecule has 7 rings (SSSR count). The van der Waals surface area contributed by atoms with Gasteiger partial charge in [-0.25, -0.2) is 0 Å². The highest BCUT2D eigenvalue weighted by Crippen LogP contribution is 2.32. The molecule has 3 aliphatic rings. The highest BCUT2D eigenvalue weighted by Gasteiger charge is 2.27. The second kappa shape index (κ2) is 20.3. The largest absolute Gasteiger partial charge is 0.512 e. The highest BCUT2D eigenvalue weighted by atomic mass is 16.3. The lowest BCUT2D eigenvalue weighted by atomic mass is 9.80. The van der Waals surface area contributed by atoms with Gasteiger partial charge in [-0.05, 0) is 54.2 Å². The average molecular weight is 821 g/mol. The van der Waals surface area contributed by atoms with Gasteiger partial charge in [0.2, 0.25) is 40.0 Å². The lowest BCUT2D eigenvalue weighted by Crippen LogP contribution is -2.29. The summed E-state index contributed by atoms with van der Waals surface area (Å²) in [5.74, 6) is -6.23. The van der Waals surface area contributed by atoms with Gasteiger partial charge in [-0.2, -0.15) is 0 Å². The smallest absolute Gasteiger partial charge is 0.280 e. The van der Waals surface area contributed by atoms with E-state index in [1.54, 1.807) is 36.4 Å². The number of hydrogen-bond acceptors (Lipinski definition) is 19. The maximum Gasteiger partial charge on any atom is 0.280 e. The SMILES string of the molecule is CC1(C)CC(=O)C=C(O)C1.O=C1C=C(O)C(=O)C=C1O.O=C1CCCc2cc(O)ccc21.O=c1c(O)c(O)c(=O)c1=O.O=c1c(O)c(O)c1=O.O=c1cccccc1O. The summed E-state index contributed by atoms with van der Waals surface area (Å²) in [6.07, 6.45) is 6.33. The molecule has 3 aliphatic carbocycles. The number of ketones is 4. The Labute approximate surface area is 330 Å². The zero-order valence-corrected chi connectivity index (χ0v) is 31.0. The summed E-state index contributed by atoms with van der Waals surface area (Å²) in [5.41, 5.74) is -4.72. The van der Waals surface area contributed by atoms with Crippen LogP contribution in [-0.4, -0.2) is 69.1 Å². The molecule has 0 spiro atoms. The van der Waals surface area contributed by atoms with Gasteiger partial charge in [0.05, 0.1) is 5.76 Å². The molecular formula is C40H36O19. The lowest BCUT2D eigenvalue weighted by molar-refractivity contribution is -0.118. The molecule has 0 saturated carbocycles. The van der Waals surface area contributed by atoms with E-state index in [0.717, 1.165) is 24.0 Å². The molecule has 0 aliphatic heterocycles. The van der Waals surface area contributed by atoms with Gasteiger partial charge in [-0.1, -0.05) is 32.0 Å².